The largest absolute Gasteiger partial charge is 0.345 e. The zero-order valence-corrected chi connectivity index (χ0v) is 8.22. The average Bonchev–Trinajstić information content (AvgIpc) is 2.04. The van der Waals surface area contributed by atoms with Crippen molar-refractivity contribution in [1.29, 1.82) is 0 Å². The van der Waals surface area contributed by atoms with E-state index in [4.69, 9.17) is 0 Å². The Morgan fingerprint density at radius 1 is 1.00 bits per heavy atom. The van der Waals surface area contributed by atoms with Crippen molar-refractivity contribution in [2.75, 3.05) is 13.1 Å². The molecule has 1 aliphatic carbocycles. The summed E-state index contributed by atoms with van der Waals surface area (Å²) in [6.45, 7) is -0.363. The van der Waals surface area contributed by atoms with E-state index in [1.807, 2.05) is 0 Å². The molecule has 1 N–H and O–H groups in total. The van der Waals surface area contributed by atoms with Crippen molar-refractivity contribution < 1.29 is 13.5 Å². The highest BCUT2D eigenvalue weighted by Crippen LogP contribution is 2.33. The van der Waals surface area contributed by atoms with E-state index < -0.39 is 6.61 Å². The molecular weight excluding hydrogens is 188 g/mol. The molecule has 0 spiro atoms. The normalized spacial score (nSPS) is 34.5. The first-order valence-corrected chi connectivity index (χ1v) is 5.40. The standard InChI is InChI=1S/C10H17F2NO/c11-10(12)14-9-3-1-7(2-4-9)8-5-13-6-8/h7-10,13H,1-6H2. The molecule has 0 radical (unpaired) electrons. The SMILES string of the molecule is FC(F)OC1CCC(C2CNC2)CC1. The zero-order valence-electron chi connectivity index (χ0n) is 8.22. The number of rotatable bonds is 3. The molecule has 4 heteroatoms. The molecule has 0 aromatic rings. The van der Waals surface area contributed by atoms with Crippen LogP contribution in [0, 0.1) is 11.8 Å². The van der Waals surface area contributed by atoms with Crippen LogP contribution in [-0.4, -0.2) is 25.8 Å². The molecule has 0 atom stereocenters. The van der Waals surface area contributed by atoms with Crippen LogP contribution in [-0.2, 0) is 4.74 Å². The molecule has 1 saturated carbocycles. The second-order valence-electron chi connectivity index (χ2n) is 4.35. The summed E-state index contributed by atoms with van der Waals surface area (Å²) in [4.78, 5) is 0. The van der Waals surface area contributed by atoms with Crippen LogP contribution in [0.2, 0.25) is 0 Å². The summed E-state index contributed by atoms with van der Waals surface area (Å²) in [5, 5.41) is 3.25. The average molecular weight is 205 g/mol. The van der Waals surface area contributed by atoms with E-state index in [1.54, 1.807) is 0 Å². The van der Waals surface area contributed by atoms with Gasteiger partial charge in [0.05, 0.1) is 6.10 Å². The minimum absolute atomic E-state index is 0.195. The van der Waals surface area contributed by atoms with Gasteiger partial charge in [-0.3, -0.25) is 0 Å². The fourth-order valence-electron chi connectivity index (χ4n) is 2.49. The van der Waals surface area contributed by atoms with Gasteiger partial charge in [0.2, 0.25) is 0 Å². The summed E-state index contributed by atoms with van der Waals surface area (Å²) in [7, 11) is 0. The van der Waals surface area contributed by atoms with E-state index in [9.17, 15) is 8.78 Å². The van der Waals surface area contributed by atoms with Crippen LogP contribution in [0.5, 0.6) is 0 Å². The molecule has 2 aliphatic rings. The molecule has 0 unspecified atom stereocenters. The summed E-state index contributed by atoms with van der Waals surface area (Å²) in [5.74, 6) is 1.54. The maximum atomic E-state index is 11.9. The summed E-state index contributed by atoms with van der Waals surface area (Å²) < 4.78 is 28.4. The van der Waals surface area contributed by atoms with Gasteiger partial charge in [-0.15, -0.1) is 0 Å². The Morgan fingerprint density at radius 2 is 1.64 bits per heavy atom. The van der Waals surface area contributed by atoms with Gasteiger partial charge in [-0.05, 0) is 50.6 Å². The third kappa shape index (κ3) is 2.42. The molecule has 0 aromatic heterocycles. The van der Waals surface area contributed by atoms with Gasteiger partial charge in [0.25, 0.3) is 0 Å². The van der Waals surface area contributed by atoms with Crippen LogP contribution in [0.25, 0.3) is 0 Å². The number of ether oxygens (including phenoxy) is 1. The van der Waals surface area contributed by atoms with Crippen LogP contribution in [0.4, 0.5) is 8.78 Å². The maximum absolute atomic E-state index is 11.9. The third-order valence-corrected chi connectivity index (χ3v) is 3.49. The number of alkyl halides is 2. The fourth-order valence-corrected chi connectivity index (χ4v) is 2.49. The first-order valence-electron chi connectivity index (χ1n) is 5.40. The van der Waals surface area contributed by atoms with Gasteiger partial charge < -0.3 is 10.1 Å². The van der Waals surface area contributed by atoms with E-state index in [1.165, 1.54) is 0 Å². The molecule has 1 aliphatic heterocycles. The van der Waals surface area contributed by atoms with Crippen LogP contribution in [0.15, 0.2) is 0 Å². The highest BCUT2D eigenvalue weighted by atomic mass is 19.3. The second-order valence-corrected chi connectivity index (χ2v) is 4.35. The van der Waals surface area contributed by atoms with Crippen LogP contribution in [0.1, 0.15) is 25.7 Å². The lowest BCUT2D eigenvalue weighted by Crippen LogP contribution is -2.47. The highest BCUT2D eigenvalue weighted by Gasteiger charge is 2.31. The summed E-state index contributed by atoms with van der Waals surface area (Å²) >= 11 is 0. The quantitative estimate of drug-likeness (QED) is 0.761. The predicted octanol–water partition coefficient (Wildman–Crippen LogP) is 2.00. The smallest absolute Gasteiger partial charge is 0.320 e. The first-order chi connectivity index (χ1) is 6.75. The molecule has 2 fully saturated rings. The summed E-state index contributed by atoms with van der Waals surface area (Å²) in [6.07, 6.45) is 3.55. The summed E-state index contributed by atoms with van der Waals surface area (Å²) in [6, 6.07) is 0. The first kappa shape index (κ1) is 10.3. The molecule has 14 heavy (non-hydrogen) atoms. The van der Waals surface area contributed by atoms with E-state index in [0.29, 0.717) is 0 Å². The topological polar surface area (TPSA) is 21.3 Å². The van der Waals surface area contributed by atoms with Crippen molar-refractivity contribution in [2.24, 2.45) is 11.8 Å². The van der Waals surface area contributed by atoms with Gasteiger partial charge in [-0.1, -0.05) is 0 Å². The van der Waals surface area contributed by atoms with E-state index >= 15 is 0 Å². The Morgan fingerprint density at radius 3 is 2.07 bits per heavy atom. The Labute approximate surface area is 83.0 Å². The zero-order chi connectivity index (χ0) is 9.97. The highest BCUT2D eigenvalue weighted by molar-refractivity contribution is 4.85. The van der Waals surface area contributed by atoms with Gasteiger partial charge in [-0.25, -0.2) is 0 Å². The van der Waals surface area contributed by atoms with Crippen LogP contribution >= 0.6 is 0 Å². The lowest BCUT2D eigenvalue weighted by atomic mass is 9.76. The lowest BCUT2D eigenvalue weighted by molar-refractivity contribution is -0.172. The third-order valence-electron chi connectivity index (χ3n) is 3.49. The number of halogens is 2. The van der Waals surface area contributed by atoms with Gasteiger partial charge in [0.1, 0.15) is 0 Å². The Hall–Kier alpha value is -0.220. The van der Waals surface area contributed by atoms with Gasteiger partial charge in [0.15, 0.2) is 0 Å². The number of hydrogen-bond acceptors (Lipinski definition) is 2. The molecule has 2 nitrogen and oxygen atoms in total. The summed E-state index contributed by atoms with van der Waals surface area (Å²) in [5.41, 5.74) is 0. The molecular formula is C10H17F2NO. The van der Waals surface area contributed by atoms with Crippen molar-refractivity contribution in [3.63, 3.8) is 0 Å². The van der Waals surface area contributed by atoms with E-state index in [0.717, 1.165) is 50.6 Å². The van der Waals surface area contributed by atoms with Gasteiger partial charge >= 0.3 is 6.61 Å². The minimum atomic E-state index is -2.60. The monoisotopic (exact) mass is 205 g/mol. The lowest BCUT2D eigenvalue weighted by Gasteiger charge is -2.38. The molecule has 2 rings (SSSR count). The number of nitrogens with one attached hydrogen (secondary N) is 1. The van der Waals surface area contributed by atoms with Gasteiger partial charge in [0, 0.05) is 0 Å². The predicted molar refractivity (Wildman–Crippen MR) is 49.2 cm³/mol. The van der Waals surface area contributed by atoms with Gasteiger partial charge in [-0.2, -0.15) is 8.78 Å². The van der Waals surface area contributed by atoms with Crippen molar-refractivity contribution in [2.45, 2.75) is 38.4 Å². The second kappa shape index (κ2) is 4.53. The van der Waals surface area contributed by atoms with E-state index in [2.05, 4.69) is 10.1 Å². The molecule has 0 aromatic carbocycles. The minimum Gasteiger partial charge on any atom is -0.320 e. The molecule has 82 valence electrons. The van der Waals surface area contributed by atoms with Crippen molar-refractivity contribution in [3.8, 4) is 0 Å². The van der Waals surface area contributed by atoms with Crippen molar-refractivity contribution in [3.05, 3.63) is 0 Å². The number of hydrogen-bond donors (Lipinski definition) is 1. The maximum Gasteiger partial charge on any atom is 0.345 e. The Bertz CT molecular complexity index is 177. The van der Waals surface area contributed by atoms with Crippen molar-refractivity contribution in [1.82, 2.24) is 5.32 Å². The molecule has 0 amide bonds. The molecule has 0 bridgehead atoms. The van der Waals surface area contributed by atoms with E-state index in [-0.39, 0.29) is 6.10 Å². The molecule has 1 saturated heterocycles. The van der Waals surface area contributed by atoms with Crippen molar-refractivity contribution >= 4 is 0 Å². The van der Waals surface area contributed by atoms with Crippen LogP contribution < -0.4 is 5.32 Å². The Kier molecular flexibility index (Phi) is 3.34. The Balaban J connectivity index is 1.69. The fraction of sp³-hybridized carbons (Fsp3) is 1.00. The molecule has 1 heterocycles. The van der Waals surface area contributed by atoms with Crippen LogP contribution in [0.3, 0.4) is 0 Å².